The largest absolute Gasteiger partial charge is 0.356 e. The van der Waals surface area contributed by atoms with Gasteiger partial charge in [0.25, 0.3) is 0 Å². The fourth-order valence-electron chi connectivity index (χ4n) is 0.576. The van der Waals surface area contributed by atoms with Crippen LogP contribution in [-0.2, 0) is 9.47 Å². The molecule has 0 aromatic carbocycles. The Labute approximate surface area is 55.0 Å². The lowest BCUT2D eigenvalue weighted by Gasteiger charge is -2.10. The minimum Gasteiger partial charge on any atom is -0.356 e. The van der Waals surface area contributed by atoms with E-state index in [1.54, 1.807) is 14.2 Å². The highest BCUT2D eigenvalue weighted by molar-refractivity contribution is 4.42. The number of methoxy groups -OCH3 is 2. The topological polar surface area (TPSA) is 18.5 Å². The van der Waals surface area contributed by atoms with Gasteiger partial charge in [0.1, 0.15) is 0 Å². The Morgan fingerprint density at radius 3 is 2.22 bits per heavy atom. The number of ether oxygens (including phenoxy) is 2. The number of rotatable bonds is 5. The second-order valence-corrected chi connectivity index (χ2v) is 1.73. The standard InChI is InChI=1S/C6H13FO2/c1-8-6(9-2)4-3-5-7/h6H,3-5H2,1-2H3. The van der Waals surface area contributed by atoms with Crippen molar-refractivity contribution < 1.29 is 13.9 Å². The van der Waals surface area contributed by atoms with Gasteiger partial charge < -0.3 is 9.47 Å². The van der Waals surface area contributed by atoms with Crippen molar-refractivity contribution in [1.82, 2.24) is 0 Å². The Hall–Kier alpha value is -0.150. The summed E-state index contributed by atoms with van der Waals surface area (Å²) in [4.78, 5) is 0. The fourth-order valence-corrected chi connectivity index (χ4v) is 0.576. The van der Waals surface area contributed by atoms with E-state index in [0.717, 1.165) is 0 Å². The van der Waals surface area contributed by atoms with Crippen LogP contribution in [0.5, 0.6) is 0 Å². The SMILES string of the molecule is COC(CCCF)OC. The second kappa shape index (κ2) is 5.98. The van der Waals surface area contributed by atoms with Gasteiger partial charge in [0.15, 0.2) is 6.29 Å². The zero-order valence-electron chi connectivity index (χ0n) is 5.89. The monoisotopic (exact) mass is 136 g/mol. The van der Waals surface area contributed by atoms with Crippen LogP contribution in [0.15, 0.2) is 0 Å². The van der Waals surface area contributed by atoms with Crippen molar-refractivity contribution in [1.29, 1.82) is 0 Å². The summed E-state index contributed by atoms with van der Waals surface area (Å²) in [6.07, 6.45) is 0.899. The van der Waals surface area contributed by atoms with Gasteiger partial charge in [-0.25, -0.2) is 0 Å². The number of hydrogen-bond donors (Lipinski definition) is 0. The van der Waals surface area contributed by atoms with Crippen molar-refractivity contribution in [2.75, 3.05) is 20.9 Å². The van der Waals surface area contributed by atoms with E-state index < -0.39 is 0 Å². The minimum atomic E-state index is -0.302. The van der Waals surface area contributed by atoms with Crippen LogP contribution in [0.3, 0.4) is 0 Å². The molecule has 56 valence electrons. The summed E-state index contributed by atoms with van der Waals surface area (Å²) in [5.41, 5.74) is 0. The van der Waals surface area contributed by atoms with Gasteiger partial charge in [-0.15, -0.1) is 0 Å². The van der Waals surface area contributed by atoms with Crippen LogP contribution in [0.4, 0.5) is 4.39 Å². The minimum absolute atomic E-state index is 0.235. The van der Waals surface area contributed by atoms with Crippen LogP contribution in [0, 0.1) is 0 Å². The van der Waals surface area contributed by atoms with Crippen LogP contribution in [0.25, 0.3) is 0 Å². The van der Waals surface area contributed by atoms with E-state index in [2.05, 4.69) is 0 Å². The van der Waals surface area contributed by atoms with Crippen LogP contribution in [0.1, 0.15) is 12.8 Å². The first kappa shape index (κ1) is 8.85. The summed E-state index contributed by atoms with van der Waals surface area (Å²) in [7, 11) is 3.10. The van der Waals surface area contributed by atoms with Gasteiger partial charge in [-0.3, -0.25) is 4.39 Å². The van der Waals surface area contributed by atoms with Gasteiger partial charge in [0.05, 0.1) is 6.67 Å². The van der Waals surface area contributed by atoms with Gasteiger partial charge in [-0.05, 0) is 6.42 Å². The van der Waals surface area contributed by atoms with Crippen molar-refractivity contribution in [2.45, 2.75) is 19.1 Å². The second-order valence-electron chi connectivity index (χ2n) is 1.73. The molecule has 0 aliphatic heterocycles. The average molecular weight is 136 g/mol. The summed E-state index contributed by atoms with van der Waals surface area (Å²) in [5.74, 6) is 0. The molecule has 0 aromatic rings. The third kappa shape index (κ3) is 4.36. The molecule has 0 amide bonds. The van der Waals surface area contributed by atoms with Crippen molar-refractivity contribution in [2.24, 2.45) is 0 Å². The van der Waals surface area contributed by atoms with Gasteiger partial charge >= 0.3 is 0 Å². The molecule has 0 rings (SSSR count). The van der Waals surface area contributed by atoms with Crippen molar-refractivity contribution in [3.63, 3.8) is 0 Å². The number of hydrogen-bond acceptors (Lipinski definition) is 2. The average Bonchev–Trinajstić information content (AvgIpc) is 1.91. The molecule has 0 aliphatic rings. The normalized spacial score (nSPS) is 10.7. The summed E-state index contributed by atoms with van der Waals surface area (Å²) >= 11 is 0. The first-order valence-corrected chi connectivity index (χ1v) is 2.96. The molecular formula is C6H13FO2. The van der Waals surface area contributed by atoms with E-state index in [4.69, 9.17) is 9.47 Å². The molecule has 0 heterocycles. The summed E-state index contributed by atoms with van der Waals surface area (Å²) in [5, 5.41) is 0. The van der Waals surface area contributed by atoms with Crippen LogP contribution >= 0.6 is 0 Å². The Balaban J connectivity index is 3.09. The van der Waals surface area contributed by atoms with Gasteiger partial charge in [-0.1, -0.05) is 0 Å². The van der Waals surface area contributed by atoms with E-state index in [1.165, 1.54) is 0 Å². The zero-order chi connectivity index (χ0) is 7.11. The molecule has 0 fully saturated rings. The maximum absolute atomic E-state index is 11.5. The van der Waals surface area contributed by atoms with E-state index in [9.17, 15) is 4.39 Å². The molecule has 3 heteroatoms. The van der Waals surface area contributed by atoms with Crippen molar-refractivity contribution >= 4 is 0 Å². The highest BCUT2D eigenvalue weighted by Gasteiger charge is 2.02. The summed E-state index contributed by atoms with van der Waals surface area (Å²) in [6.45, 7) is -0.302. The Morgan fingerprint density at radius 1 is 1.33 bits per heavy atom. The molecule has 9 heavy (non-hydrogen) atoms. The third-order valence-corrected chi connectivity index (χ3v) is 1.10. The molecule has 0 atom stereocenters. The zero-order valence-corrected chi connectivity index (χ0v) is 5.89. The third-order valence-electron chi connectivity index (χ3n) is 1.10. The molecule has 0 saturated heterocycles. The Kier molecular flexibility index (Phi) is 5.88. The highest BCUT2D eigenvalue weighted by atomic mass is 19.1. The highest BCUT2D eigenvalue weighted by Crippen LogP contribution is 2.00. The van der Waals surface area contributed by atoms with Crippen LogP contribution in [0.2, 0.25) is 0 Å². The molecule has 0 bridgehead atoms. The molecule has 2 nitrogen and oxygen atoms in total. The van der Waals surface area contributed by atoms with Gasteiger partial charge in [0.2, 0.25) is 0 Å². The number of halogens is 1. The van der Waals surface area contributed by atoms with E-state index >= 15 is 0 Å². The maximum Gasteiger partial charge on any atom is 0.156 e. The van der Waals surface area contributed by atoms with Gasteiger partial charge in [0, 0.05) is 20.6 Å². The van der Waals surface area contributed by atoms with Crippen LogP contribution < -0.4 is 0 Å². The molecule has 0 aliphatic carbocycles. The summed E-state index contributed by atoms with van der Waals surface area (Å²) in [6, 6.07) is 0. The lowest BCUT2D eigenvalue weighted by Crippen LogP contribution is -2.12. The van der Waals surface area contributed by atoms with E-state index in [0.29, 0.717) is 12.8 Å². The molecule has 0 N–H and O–H groups in total. The lowest BCUT2D eigenvalue weighted by atomic mass is 10.3. The molecule has 0 saturated carbocycles. The fraction of sp³-hybridized carbons (Fsp3) is 1.00. The predicted molar refractivity (Wildman–Crippen MR) is 33.0 cm³/mol. The molecule has 0 unspecified atom stereocenters. The van der Waals surface area contributed by atoms with Crippen LogP contribution in [-0.4, -0.2) is 27.2 Å². The summed E-state index contributed by atoms with van der Waals surface area (Å²) < 4.78 is 21.1. The molecular weight excluding hydrogens is 123 g/mol. The molecule has 0 aromatic heterocycles. The van der Waals surface area contributed by atoms with Gasteiger partial charge in [-0.2, -0.15) is 0 Å². The number of alkyl halides is 1. The van der Waals surface area contributed by atoms with E-state index in [1.807, 2.05) is 0 Å². The smallest absolute Gasteiger partial charge is 0.156 e. The molecule has 0 spiro atoms. The lowest BCUT2D eigenvalue weighted by molar-refractivity contribution is -0.107. The van der Waals surface area contributed by atoms with E-state index in [-0.39, 0.29) is 13.0 Å². The van der Waals surface area contributed by atoms with Crippen molar-refractivity contribution in [3.8, 4) is 0 Å². The molecule has 0 radical (unpaired) electrons. The predicted octanol–water partition coefficient (Wildman–Crippen LogP) is 1.35. The first-order valence-electron chi connectivity index (χ1n) is 2.96. The first-order chi connectivity index (χ1) is 4.35. The quantitative estimate of drug-likeness (QED) is 0.531. The Bertz CT molecular complexity index is 55.0. The van der Waals surface area contributed by atoms with Crippen molar-refractivity contribution in [3.05, 3.63) is 0 Å². The maximum atomic E-state index is 11.5. The Morgan fingerprint density at radius 2 is 1.89 bits per heavy atom.